The molecule has 1 unspecified atom stereocenters. The van der Waals surface area contributed by atoms with Gasteiger partial charge in [0.25, 0.3) is 5.91 Å². The SMILES string of the molecule is CC1(C)CC(NC(=O)COc2ccc3ccccc3c2Br)c2ccccc2O1. The van der Waals surface area contributed by atoms with Gasteiger partial charge in [-0.05, 0) is 52.7 Å². The highest BCUT2D eigenvalue weighted by molar-refractivity contribution is 9.10. The lowest BCUT2D eigenvalue weighted by atomic mass is 9.90. The van der Waals surface area contributed by atoms with Crippen molar-refractivity contribution in [3.63, 3.8) is 0 Å². The molecule has 0 fully saturated rings. The number of benzene rings is 3. The molecule has 0 aliphatic carbocycles. The number of amides is 1. The van der Waals surface area contributed by atoms with Gasteiger partial charge in [0.2, 0.25) is 0 Å². The van der Waals surface area contributed by atoms with Crippen LogP contribution < -0.4 is 14.8 Å². The first-order valence-electron chi connectivity index (χ1n) is 9.30. The summed E-state index contributed by atoms with van der Waals surface area (Å²) in [5.74, 6) is 1.32. The topological polar surface area (TPSA) is 47.6 Å². The number of hydrogen-bond donors (Lipinski definition) is 1. The van der Waals surface area contributed by atoms with E-state index in [0.29, 0.717) is 12.2 Å². The molecular formula is C23H22BrNO3. The van der Waals surface area contributed by atoms with E-state index in [0.717, 1.165) is 26.6 Å². The van der Waals surface area contributed by atoms with Crippen LogP contribution in [0.15, 0.2) is 65.1 Å². The van der Waals surface area contributed by atoms with Gasteiger partial charge in [-0.25, -0.2) is 0 Å². The smallest absolute Gasteiger partial charge is 0.258 e. The zero-order valence-electron chi connectivity index (χ0n) is 15.9. The molecule has 0 radical (unpaired) electrons. The first-order valence-corrected chi connectivity index (χ1v) is 10.1. The summed E-state index contributed by atoms with van der Waals surface area (Å²) in [6, 6.07) is 19.7. The summed E-state index contributed by atoms with van der Waals surface area (Å²) in [6.07, 6.45) is 0.704. The van der Waals surface area contributed by atoms with Crippen molar-refractivity contribution in [3.05, 3.63) is 70.7 Å². The third-order valence-corrected chi connectivity index (χ3v) is 5.72. The van der Waals surface area contributed by atoms with Crippen LogP contribution in [0.4, 0.5) is 0 Å². The number of para-hydroxylation sites is 1. The van der Waals surface area contributed by atoms with Crippen molar-refractivity contribution < 1.29 is 14.3 Å². The molecule has 3 aromatic rings. The van der Waals surface area contributed by atoms with Gasteiger partial charge in [0.15, 0.2) is 6.61 Å². The number of nitrogens with one attached hydrogen (secondary N) is 1. The van der Waals surface area contributed by atoms with Gasteiger partial charge >= 0.3 is 0 Å². The summed E-state index contributed by atoms with van der Waals surface area (Å²) in [7, 11) is 0. The van der Waals surface area contributed by atoms with E-state index in [4.69, 9.17) is 9.47 Å². The van der Waals surface area contributed by atoms with Gasteiger partial charge in [0.05, 0.1) is 10.5 Å². The van der Waals surface area contributed by atoms with Gasteiger partial charge in [0, 0.05) is 12.0 Å². The average Bonchev–Trinajstić information content (AvgIpc) is 2.67. The van der Waals surface area contributed by atoms with Gasteiger partial charge in [-0.3, -0.25) is 4.79 Å². The first kappa shape index (κ1) is 18.8. The molecule has 4 rings (SSSR count). The maximum Gasteiger partial charge on any atom is 0.258 e. The van der Waals surface area contributed by atoms with E-state index in [2.05, 4.69) is 21.2 Å². The summed E-state index contributed by atoms with van der Waals surface area (Å²) < 4.78 is 12.7. The van der Waals surface area contributed by atoms with E-state index < -0.39 is 0 Å². The summed E-state index contributed by atoms with van der Waals surface area (Å²) in [5, 5.41) is 5.27. The molecular weight excluding hydrogens is 418 g/mol. The van der Waals surface area contributed by atoms with Crippen molar-refractivity contribution in [2.24, 2.45) is 0 Å². The quantitative estimate of drug-likeness (QED) is 0.591. The van der Waals surface area contributed by atoms with Crippen molar-refractivity contribution in [2.45, 2.75) is 31.9 Å². The first-order chi connectivity index (χ1) is 13.4. The molecule has 0 aromatic heterocycles. The summed E-state index contributed by atoms with van der Waals surface area (Å²) in [4.78, 5) is 12.6. The van der Waals surface area contributed by atoms with E-state index in [-0.39, 0.29) is 24.2 Å². The Morgan fingerprint density at radius 1 is 1.14 bits per heavy atom. The third-order valence-electron chi connectivity index (χ3n) is 4.90. The van der Waals surface area contributed by atoms with Gasteiger partial charge in [-0.2, -0.15) is 0 Å². The molecule has 0 spiro atoms. The van der Waals surface area contributed by atoms with Crippen molar-refractivity contribution in [1.82, 2.24) is 5.32 Å². The maximum atomic E-state index is 12.6. The molecule has 5 heteroatoms. The van der Waals surface area contributed by atoms with E-state index in [1.165, 1.54) is 0 Å². The van der Waals surface area contributed by atoms with Crippen LogP contribution in [0, 0.1) is 0 Å². The molecule has 4 nitrogen and oxygen atoms in total. The monoisotopic (exact) mass is 439 g/mol. The van der Waals surface area contributed by atoms with Crippen LogP contribution in [0.3, 0.4) is 0 Å². The number of rotatable bonds is 4. The van der Waals surface area contributed by atoms with Gasteiger partial charge < -0.3 is 14.8 Å². The minimum Gasteiger partial charge on any atom is -0.487 e. The van der Waals surface area contributed by atoms with Crippen LogP contribution in [0.2, 0.25) is 0 Å². The van der Waals surface area contributed by atoms with Gasteiger partial charge in [0.1, 0.15) is 17.1 Å². The van der Waals surface area contributed by atoms with Crippen molar-refractivity contribution in [1.29, 1.82) is 0 Å². The van der Waals surface area contributed by atoms with E-state index in [1.54, 1.807) is 0 Å². The molecule has 0 bridgehead atoms. The zero-order valence-corrected chi connectivity index (χ0v) is 17.5. The third kappa shape index (κ3) is 3.85. The molecule has 1 aliphatic heterocycles. The molecule has 1 N–H and O–H groups in total. The molecule has 144 valence electrons. The Kier molecular flexibility index (Phi) is 5.02. The minimum absolute atomic E-state index is 0.0447. The largest absolute Gasteiger partial charge is 0.487 e. The molecule has 0 saturated heterocycles. The van der Waals surface area contributed by atoms with E-state index in [9.17, 15) is 4.79 Å². The second-order valence-corrected chi connectivity index (χ2v) is 8.40. The number of carbonyl (C=O) groups is 1. The van der Waals surface area contributed by atoms with Crippen molar-refractivity contribution in [2.75, 3.05) is 6.61 Å². The lowest BCUT2D eigenvalue weighted by Gasteiger charge is -2.37. The van der Waals surface area contributed by atoms with E-state index in [1.807, 2.05) is 74.5 Å². The average molecular weight is 440 g/mol. The highest BCUT2D eigenvalue weighted by atomic mass is 79.9. The van der Waals surface area contributed by atoms with Crippen molar-refractivity contribution in [3.8, 4) is 11.5 Å². The number of fused-ring (bicyclic) bond motifs is 2. The lowest BCUT2D eigenvalue weighted by molar-refractivity contribution is -0.124. The molecule has 0 saturated carbocycles. The van der Waals surface area contributed by atoms with E-state index >= 15 is 0 Å². The molecule has 1 heterocycles. The molecule has 28 heavy (non-hydrogen) atoms. The predicted octanol–water partition coefficient (Wildman–Crippen LogP) is 5.40. The Morgan fingerprint density at radius 3 is 2.75 bits per heavy atom. The van der Waals surface area contributed by atoms with Crippen LogP contribution in [-0.2, 0) is 4.79 Å². The summed E-state index contributed by atoms with van der Waals surface area (Å²) in [6.45, 7) is 4.02. The van der Waals surface area contributed by atoms with Gasteiger partial charge in [-0.1, -0.05) is 48.5 Å². The Hall–Kier alpha value is -2.53. The van der Waals surface area contributed by atoms with Crippen LogP contribution in [0.25, 0.3) is 10.8 Å². The zero-order chi connectivity index (χ0) is 19.7. The molecule has 1 aliphatic rings. The number of halogens is 1. The fourth-order valence-electron chi connectivity index (χ4n) is 3.64. The van der Waals surface area contributed by atoms with Crippen molar-refractivity contribution >= 4 is 32.6 Å². The normalized spacial score (nSPS) is 17.5. The number of ether oxygens (including phenoxy) is 2. The summed E-state index contributed by atoms with van der Waals surface area (Å²) >= 11 is 3.59. The fourth-order valence-corrected chi connectivity index (χ4v) is 4.24. The number of hydrogen-bond acceptors (Lipinski definition) is 3. The Bertz CT molecular complexity index is 1030. The standard InChI is InChI=1S/C23H22BrNO3/c1-23(2)13-18(17-9-5-6-10-19(17)28-23)25-21(26)14-27-20-12-11-15-7-3-4-8-16(15)22(20)24/h3-12,18H,13-14H2,1-2H3,(H,25,26). The van der Waals surface area contributed by atoms with Crippen LogP contribution in [0.5, 0.6) is 11.5 Å². The fraction of sp³-hybridized carbons (Fsp3) is 0.261. The maximum absolute atomic E-state index is 12.6. The molecule has 1 amide bonds. The Morgan fingerprint density at radius 2 is 1.89 bits per heavy atom. The van der Waals surface area contributed by atoms with Gasteiger partial charge in [-0.15, -0.1) is 0 Å². The van der Waals surface area contributed by atoms with Crippen LogP contribution in [0.1, 0.15) is 31.9 Å². The second-order valence-electron chi connectivity index (χ2n) is 7.61. The highest BCUT2D eigenvalue weighted by Crippen LogP contribution is 2.39. The Balaban J connectivity index is 1.46. The minimum atomic E-state index is -0.339. The predicted molar refractivity (Wildman–Crippen MR) is 114 cm³/mol. The Labute approximate surface area is 173 Å². The lowest BCUT2D eigenvalue weighted by Crippen LogP contribution is -2.42. The molecule has 1 atom stereocenters. The molecule has 3 aromatic carbocycles. The summed E-state index contributed by atoms with van der Waals surface area (Å²) in [5.41, 5.74) is 0.663. The van der Waals surface area contributed by atoms with Crippen LogP contribution >= 0.6 is 15.9 Å². The highest BCUT2D eigenvalue weighted by Gasteiger charge is 2.34. The van der Waals surface area contributed by atoms with Crippen LogP contribution in [-0.4, -0.2) is 18.1 Å². The number of carbonyl (C=O) groups excluding carboxylic acids is 1. The second kappa shape index (κ2) is 7.47.